The Kier molecular flexibility index (Phi) is 6.88. The van der Waals surface area contributed by atoms with Crippen LogP contribution in [0.5, 0.6) is 5.75 Å². The first-order valence-corrected chi connectivity index (χ1v) is 12.7. The quantitative estimate of drug-likeness (QED) is 0.486. The lowest BCUT2D eigenvalue weighted by Gasteiger charge is -2.23. The molecule has 0 aliphatic heterocycles. The van der Waals surface area contributed by atoms with Gasteiger partial charge in [-0.2, -0.15) is 0 Å². The number of methoxy groups -OCH3 is 1. The molecule has 0 bridgehead atoms. The Bertz CT molecular complexity index is 1240. The number of aryl methyl sites for hydroxylation is 2. The lowest BCUT2D eigenvalue weighted by molar-refractivity contribution is 0.415. The highest BCUT2D eigenvalue weighted by molar-refractivity contribution is 8.04. The van der Waals surface area contributed by atoms with Gasteiger partial charge in [0, 0.05) is 0 Å². The summed E-state index contributed by atoms with van der Waals surface area (Å²) in [6.45, 7) is 7.16. The molecule has 3 rings (SSSR count). The molecule has 0 aromatic heterocycles. The van der Waals surface area contributed by atoms with E-state index in [0.29, 0.717) is 20.6 Å². The normalized spacial score (nSPS) is 12.0. The van der Waals surface area contributed by atoms with Crippen molar-refractivity contribution in [1.29, 1.82) is 0 Å². The molecule has 0 N–H and O–H groups in total. The Hall–Kier alpha value is -2.94. The Morgan fingerprint density at radius 3 is 1.53 bits per heavy atom. The van der Waals surface area contributed by atoms with Gasteiger partial charge in [-0.25, -0.2) is 16.8 Å². The van der Waals surface area contributed by atoms with Gasteiger partial charge in [0.15, 0.2) is 0 Å². The molecule has 0 amide bonds. The van der Waals surface area contributed by atoms with Crippen molar-refractivity contribution < 1.29 is 21.6 Å². The fourth-order valence-electron chi connectivity index (χ4n) is 3.03. The average Bonchev–Trinajstić information content (AvgIpc) is 2.77. The first-order chi connectivity index (χ1) is 15.1. The molecule has 0 heterocycles. The summed E-state index contributed by atoms with van der Waals surface area (Å²) in [4.78, 5) is -0.220. The van der Waals surface area contributed by atoms with Gasteiger partial charge in [0.25, 0.3) is 20.0 Å². The molecule has 3 aromatic carbocycles. The Morgan fingerprint density at radius 2 is 1.16 bits per heavy atom. The average molecular weight is 472 g/mol. The number of sulfonamides is 2. The summed E-state index contributed by atoms with van der Waals surface area (Å²) >= 11 is 0. The highest BCUT2D eigenvalue weighted by Crippen LogP contribution is 2.28. The first-order valence-electron chi connectivity index (χ1n) is 9.79. The van der Waals surface area contributed by atoms with Gasteiger partial charge in [0.05, 0.1) is 23.4 Å². The van der Waals surface area contributed by atoms with Crippen molar-refractivity contribution in [1.82, 2.24) is 3.71 Å². The van der Waals surface area contributed by atoms with Crippen molar-refractivity contribution in [2.24, 2.45) is 0 Å². The molecule has 0 atom stereocenters. The molecule has 0 unspecified atom stereocenters. The molecule has 0 radical (unpaired) electrons. The second-order valence-electron chi connectivity index (χ2n) is 7.40. The van der Waals surface area contributed by atoms with Gasteiger partial charge in [-0.15, -0.1) is 0 Å². The second kappa shape index (κ2) is 9.28. The van der Waals surface area contributed by atoms with Gasteiger partial charge in [-0.1, -0.05) is 57.8 Å². The van der Waals surface area contributed by atoms with Crippen molar-refractivity contribution in [2.75, 3.05) is 13.7 Å². The van der Waals surface area contributed by atoms with Crippen LogP contribution in [0.4, 0.5) is 0 Å². The summed E-state index contributed by atoms with van der Waals surface area (Å²) < 4.78 is 59.6. The van der Waals surface area contributed by atoms with Crippen molar-refractivity contribution in [2.45, 2.75) is 23.6 Å². The van der Waals surface area contributed by atoms with E-state index >= 15 is 0 Å². The van der Waals surface area contributed by atoms with Crippen LogP contribution in [0.1, 0.15) is 16.7 Å². The van der Waals surface area contributed by atoms with Gasteiger partial charge in [-0.3, -0.25) is 0 Å². The molecular formula is C24H25NO5S2. The zero-order chi connectivity index (χ0) is 23.5. The van der Waals surface area contributed by atoms with Crippen molar-refractivity contribution in [3.63, 3.8) is 0 Å². The van der Waals surface area contributed by atoms with Crippen LogP contribution in [0.2, 0.25) is 0 Å². The number of ether oxygens (including phenoxy) is 1. The second-order valence-corrected chi connectivity index (χ2v) is 11.4. The van der Waals surface area contributed by atoms with E-state index in [0.717, 1.165) is 11.1 Å². The molecule has 6 nitrogen and oxygen atoms in total. The van der Waals surface area contributed by atoms with Crippen molar-refractivity contribution in [3.8, 4) is 5.75 Å². The van der Waals surface area contributed by atoms with Crippen LogP contribution in [0.25, 0.3) is 5.57 Å². The van der Waals surface area contributed by atoms with E-state index < -0.39 is 26.6 Å². The van der Waals surface area contributed by atoms with E-state index in [1.54, 1.807) is 48.5 Å². The Labute approximate surface area is 189 Å². The maximum atomic E-state index is 13.5. The maximum absolute atomic E-state index is 13.5. The minimum Gasteiger partial charge on any atom is -0.497 e. The molecule has 32 heavy (non-hydrogen) atoms. The fourth-order valence-corrected chi connectivity index (χ4v) is 6.66. The van der Waals surface area contributed by atoms with E-state index in [2.05, 4.69) is 6.58 Å². The number of benzene rings is 3. The molecule has 0 aliphatic carbocycles. The van der Waals surface area contributed by atoms with E-state index in [4.69, 9.17) is 4.74 Å². The zero-order valence-corrected chi connectivity index (χ0v) is 19.8. The predicted octanol–water partition coefficient (Wildman–Crippen LogP) is 4.41. The number of nitrogens with zero attached hydrogens (tertiary/aromatic N) is 1. The lowest BCUT2D eigenvalue weighted by Crippen LogP contribution is -2.38. The Balaban J connectivity index is 2.08. The summed E-state index contributed by atoms with van der Waals surface area (Å²) in [5.41, 5.74) is 2.66. The molecule has 0 saturated carbocycles. The van der Waals surface area contributed by atoms with Gasteiger partial charge >= 0.3 is 0 Å². The fraction of sp³-hybridized carbons (Fsp3) is 0.167. The van der Waals surface area contributed by atoms with Crippen LogP contribution in [0, 0.1) is 13.8 Å². The maximum Gasteiger partial charge on any atom is 0.256 e. The van der Waals surface area contributed by atoms with E-state index in [1.165, 1.54) is 31.4 Å². The van der Waals surface area contributed by atoms with Crippen molar-refractivity contribution in [3.05, 3.63) is 96.1 Å². The topological polar surface area (TPSA) is 80.8 Å². The smallest absolute Gasteiger partial charge is 0.256 e. The third-order valence-electron chi connectivity index (χ3n) is 4.99. The molecule has 3 aromatic rings. The van der Waals surface area contributed by atoms with Gasteiger partial charge in [0.2, 0.25) is 0 Å². The highest BCUT2D eigenvalue weighted by atomic mass is 32.3. The van der Waals surface area contributed by atoms with Crippen molar-refractivity contribution >= 4 is 25.6 Å². The monoisotopic (exact) mass is 471 g/mol. The Morgan fingerprint density at radius 1 is 0.750 bits per heavy atom. The zero-order valence-electron chi connectivity index (χ0n) is 18.1. The molecular weight excluding hydrogens is 446 g/mol. The molecule has 168 valence electrons. The molecule has 0 aliphatic rings. The lowest BCUT2D eigenvalue weighted by atomic mass is 10.1. The van der Waals surface area contributed by atoms with Crippen LogP contribution in [-0.2, 0) is 20.0 Å². The van der Waals surface area contributed by atoms with E-state index in [1.807, 2.05) is 13.8 Å². The first kappa shape index (κ1) is 23.7. The number of hydrogen-bond donors (Lipinski definition) is 0. The van der Waals surface area contributed by atoms with Gasteiger partial charge < -0.3 is 4.74 Å². The van der Waals surface area contributed by atoms with Gasteiger partial charge in [0.1, 0.15) is 5.75 Å². The van der Waals surface area contributed by atoms with Crippen LogP contribution >= 0.6 is 0 Å². The summed E-state index contributed by atoms with van der Waals surface area (Å²) in [5.74, 6) is 0.623. The third kappa shape index (κ3) is 4.93. The summed E-state index contributed by atoms with van der Waals surface area (Å²) in [6.07, 6.45) is 0. The van der Waals surface area contributed by atoms with E-state index in [9.17, 15) is 16.8 Å². The summed E-state index contributed by atoms with van der Waals surface area (Å²) in [6, 6.07) is 18.9. The van der Waals surface area contributed by atoms with E-state index in [-0.39, 0.29) is 9.79 Å². The van der Waals surface area contributed by atoms with Crippen LogP contribution in [0.15, 0.2) is 89.2 Å². The van der Waals surface area contributed by atoms with Gasteiger partial charge in [-0.05, 0) is 61.4 Å². The molecule has 0 fully saturated rings. The number of rotatable bonds is 8. The van der Waals surface area contributed by atoms with Crippen LogP contribution < -0.4 is 4.74 Å². The minimum absolute atomic E-state index is 0.110. The largest absolute Gasteiger partial charge is 0.497 e. The third-order valence-corrected chi connectivity index (χ3v) is 9.24. The summed E-state index contributed by atoms with van der Waals surface area (Å²) in [7, 11) is -7.24. The van der Waals surface area contributed by atoms with Crippen LogP contribution in [-0.4, -0.2) is 34.2 Å². The SMILES string of the molecule is C=C(CN(S(=O)(=O)c1ccc(C)cc1)S(=O)(=O)c1ccc(C)cc1)c1ccc(OC)cc1. The van der Waals surface area contributed by atoms with Crippen LogP contribution in [0.3, 0.4) is 0 Å². The molecule has 8 heteroatoms. The summed E-state index contributed by atoms with van der Waals surface area (Å²) in [5, 5.41) is 0. The predicted molar refractivity (Wildman–Crippen MR) is 125 cm³/mol. The number of hydrogen-bond acceptors (Lipinski definition) is 5. The standard InChI is InChI=1S/C24H25NO5S2/c1-18-5-13-23(14-6-18)31(26,27)25(32(28,29)24-15-7-19(2)8-16-24)17-20(3)21-9-11-22(30-4)12-10-21/h5-16H,3,17H2,1-2,4H3. The molecule has 0 spiro atoms. The highest BCUT2D eigenvalue weighted by Gasteiger charge is 2.37. The minimum atomic E-state index is -4.39. The molecule has 0 saturated heterocycles.